The van der Waals surface area contributed by atoms with Gasteiger partial charge in [-0.15, -0.1) is 0 Å². The third-order valence-electron chi connectivity index (χ3n) is 5.19. The fraction of sp³-hybridized carbons (Fsp3) is 0.192. The maximum atomic E-state index is 12.2. The van der Waals surface area contributed by atoms with Gasteiger partial charge in [0.25, 0.3) is 5.91 Å². The normalized spacial score (nSPS) is 12.2. The molecular weight excluding hydrogens is 418 g/mol. The Morgan fingerprint density at radius 2 is 1.91 bits per heavy atom. The minimum Gasteiger partial charge on any atom is -0.454 e. The van der Waals surface area contributed by atoms with Crippen LogP contribution in [0.15, 0.2) is 77.4 Å². The van der Waals surface area contributed by atoms with Crippen molar-refractivity contribution in [2.75, 3.05) is 6.61 Å². The van der Waals surface area contributed by atoms with E-state index in [4.69, 9.17) is 14.3 Å². The molecule has 4 aromatic rings. The van der Waals surface area contributed by atoms with E-state index in [0.29, 0.717) is 17.0 Å². The number of para-hydroxylation sites is 2. The van der Waals surface area contributed by atoms with Crippen LogP contribution < -0.4 is 5.32 Å². The van der Waals surface area contributed by atoms with Crippen LogP contribution in [0.4, 0.5) is 0 Å². The zero-order valence-electron chi connectivity index (χ0n) is 18.5. The predicted octanol–water partition coefficient (Wildman–Crippen LogP) is 4.76. The van der Waals surface area contributed by atoms with Crippen molar-refractivity contribution < 1.29 is 18.7 Å². The molecule has 4 rings (SSSR count). The third-order valence-corrected chi connectivity index (χ3v) is 5.19. The van der Waals surface area contributed by atoms with Gasteiger partial charge in [0.2, 0.25) is 0 Å². The molecule has 2 aromatic heterocycles. The van der Waals surface area contributed by atoms with Crippen LogP contribution in [0.25, 0.3) is 34.2 Å². The Hall–Kier alpha value is -4.13. The smallest absolute Gasteiger partial charge is 0.331 e. The number of furan rings is 1. The second kappa shape index (κ2) is 9.99. The Balaban J connectivity index is 1.58. The van der Waals surface area contributed by atoms with Gasteiger partial charge >= 0.3 is 5.97 Å². The number of carbonyl (C=O) groups is 2. The van der Waals surface area contributed by atoms with E-state index in [-0.39, 0.29) is 18.6 Å². The minimum atomic E-state index is -0.614. The van der Waals surface area contributed by atoms with E-state index in [2.05, 4.69) is 5.32 Å². The lowest BCUT2D eigenvalue weighted by Gasteiger charge is -2.10. The van der Waals surface area contributed by atoms with Gasteiger partial charge in [-0.25, -0.2) is 9.48 Å². The molecule has 0 saturated carbocycles. The van der Waals surface area contributed by atoms with E-state index in [1.165, 1.54) is 6.08 Å². The first kappa shape index (κ1) is 22.1. The molecule has 0 aliphatic rings. The number of ether oxygens (including phenoxy) is 1. The van der Waals surface area contributed by atoms with Crippen molar-refractivity contribution in [1.82, 2.24) is 15.1 Å². The lowest BCUT2D eigenvalue weighted by atomic mass is 10.2. The van der Waals surface area contributed by atoms with Crippen molar-refractivity contribution in [2.24, 2.45) is 0 Å². The number of carbonyl (C=O) groups excluding carboxylic acids is 2. The van der Waals surface area contributed by atoms with E-state index in [1.807, 2.05) is 80.7 Å². The van der Waals surface area contributed by atoms with Gasteiger partial charge in [-0.3, -0.25) is 4.79 Å². The Morgan fingerprint density at radius 3 is 2.67 bits per heavy atom. The van der Waals surface area contributed by atoms with E-state index >= 15 is 0 Å². The van der Waals surface area contributed by atoms with E-state index in [1.54, 1.807) is 10.8 Å². The van der Waals surface area contributed by atoms with Gasteiger partial charge in [0.1, 0.15) is 11.3 Å². The summed E-state index contributed by atoms with van der Waals surface area (Å²) >= 11 is 0. The second-order valence-electron chi connectivity index (χ2n) is 7.68. The van der Waals surface area contributed by atoms with Gasteiger partial charge < -0.3 is 14.5 Å². The fourth-order valence-electron chi connectivity index (χ4n) is 3.27. The van der Waals surface area contributed by atoms with Crippen molar-refractivity contribution in [2.45, 2.75) is 26.3 Å². The number of aromatic nitrogens is 2. The van der Waals surface area contributed by atoms with Gasteiger partial charge in [-0.1, -0.05) is 43.3 Å². The molecule has 7 nitrogen and oxygen atoms in total. The fourth-order valence-corrected chi connectivity index (χ4v) is 3.27. The maximum absolute atomic E-state index is 12.2. The number of fused-ring (bicyclic) bond motifs is 1. The quantitative estimate of drug-likeness (QED) is 0.314. The standard InChI is InChI=1S/C26H25N3O4/c1-3-18(2)27-24(30)17-32-25(31)14-13-20-16-29(21-10-5-4-6-11-21)28-26(20)23-15-19-9-7-8-12-22(19)33-23/h4-16,18H,3,17H2,1-2H3,(H,27,30). The van der Waals surface area contributed by atoms with Crippen LogP contribution >= 0.6 is 0 Å². The molecule has 0 aliphatic carbocycles. The molecule has 0 aliphatic heterocycles. The van der Waals surface area contributed by atoms with Crippen molar-refractivity contribution in [1.29, 1.82) is 0 Å². The molecule has 168 valence electrons. The Labute approximate surface area is 191 Å². The highest BCUT2D eigenvalue weighted by Crippen LogP contribution is 2.30. The Kier molecular flexibility index (Phi) is 6.69. The number of rotatable bonds is 8. The van der Waals surface area contributed by atoms with Crippen LogP contribution in [0.1, 0.15) is 25.8 Å². The highest BCUT2D eigenvalue weighted by Gasteiger charge is 2.15. The first-order chi connectivity index (χ1) is 16.0. The Bertz CT molecular complexity index is 1250. The molecule has 0 radical (unpaired) electrons. The summed E-state index contributed by atoms with van der Waals surface area (Å²) in [5.74, 6) is -0.352. The minimum absolute atomic E-state index is 0.0296. The molecule has 2 aromatic carbocycles. The number of hydrogen-bond donors (Lipinski definition) is 1. The second-order valence-corrected chi connectivity index (χ2v) is 7.68. The number of nitrogens with one attached hydrogen (secondary N) is 1. The summed E-state index contributed by atoms with van der Waals surface area (Å²) in [6.07, 6.45) is 5.52. The average molecular weight is 444 g/mol. The van der Waals surface area contributed by atoms with Gasteiger partial charge in [0.05, 0.1) is 5.69 Å². The van der Waals surface area contributed by atoms with Crippen molar-refractivity contribution in [3.8, 4) is 17.1 Å². The topological polar surface area (TPSA) is 86.4 Å². The molecule has 7 heteroatoms. The summed E-state index contributed by atoms with van der Waals surface area (Å²) in [7, 11) is 0. The van der Waals surface area contributed by atoms with Crippen molar-refractivity contribution >= 4 is 28.9 Å². The number of hydrogen-bond acceptors (Lipinski definition) is 5. The highest BCUT2D eigenvalue weighted by atomic mass is 16.5. The van der Waals surface area contributed by atoms with Crippen LogP contribution in [0.5, 0.6) is 0 Å². The molecular formula is C26H25N3O4. The van der Waals surface area contributed by atoms with Crippen molar-refractivity contribution in [3.05, 3.63) is 78.5 Å². The summed E-state index contributed by atoms with van der Waals surface area (Å²) in [5.41, 5.74) is 2.90. The summed E-state index contributed by atoms with van der Waals surface area (Å²) in [4.78, 5) is 24.0. The first-order valence-corrected chi connectivity index (χ1v) is 10.8. The zero-order valence-corrected chi connectivity index (χ0v) is 18.5. The molecule has 1 atom stereocenters. The molecule has 2 heterocycles. The van der Waals surface area contributed by atoms with E-state index < -0.39 is 5.97 Å². The van der Waals surface area contributed by atoms with Crippen LogP contribution in [-0.2, 0) is 14.3 Å². The van der Waals surface area contributed by atoms with Gasteiger partial charge in [0, 0.05) is 29.3 Å². The van der Waals surface area contributed by atoms with Crippen LogP contribution in [0.2, 0.25) is 0 Å². The highest BCUT2D eigenvalue weighted by molar-refractivity contribution is 5.91. The Morgan fingerprint density at radius 1 is 1.15 bits per heavy atom. The van der Waals surface area contributed by atoms with E-state index in [0.717, 1.165) is 23.1 Å². The van der Waals surface area contributed by atoms with Gasteiger partial charge in [0.15, 0.2) is 12.4 Å². The van der Waals surface area contributed by atoms with E-state index in [9.17, 15) is 9.59 Å². The predicted molar refractivity (Wildman–Crippen MR) is 127 cm³/mol. The largest absolute Gasteiger partial charge is 0.454 e. The molecule has 0 bridgehead atoms. The average Bonchev–Trinajstić information content (AvgIpc) is 3.46. The number of amides is 1. The van der Waals surface area contributed by atoms with Crippen molar-refractivity contribution in [3.63, 3.8) is 0 Å². The van der Waals surface area contributed by atoms with Gasteiger partial charge in [-0.05, 0) is 43.7 Å². The molecule has 0 saturated heterocycles. The number of nitrogens with zero attached hydrogens (tertiary/aromatic N) is 2. The summed E-state index contributed by atoms with van der Waals surface area (Å²) in [6.45, 7) is 3.53. The first-order valence-electron chi connectivity index (χ1n) is 10.8. The lowest BCUT2D eigenvalue weighted by Crippen LogP contribution is -2.35. The maximum Gasteiger partial charge on any atom is 0.331 e. The summed E-state index contributed by atoms with van der Waals surface area (Å²) in [6, 6.07) is 19.3. The molecule has 0 fully saturated rings. The van der Waals surface area contributed by atoms with Crippen LogP contribution in [0, 0.1) is 0 Å². The van der Waals surface area contributed by atoms with Gasteiger partial charge in [-0.2, -0.15) is 5.10 Å². The molecule has 0 spiro atoms. The lowest BCUT2D eigenvalue weighted by molar-refractivity contribution is -0.144. The molecule has 1 amide bonds. The zero-order chi connectivity index (χ0) is 23.2. The monoisotopic (exact) mass is 443 g/mol. The summed E-state index contributed by atoms with van der Waals surface area (Å²) < 4.78 is 12.8. The van der Waals surface area contributed by atoms with Crippen LogP contribution in [-0.4, -0.2) is 34.3 Å². The molecule has 1 N–H and O–H groups in total. The third kappa shape index (κ3) is 5.38. The SMILES string of the molecule is CCC(C)NC(=O)COC(=O)C=Cc1cn(-c2ccccc2)nc1-c1cc2ccccc2o1. The molecule has 33 heavy (non-hydrogen) atoms. The number of esters is 1. The summed E-state index contributed by atoms with van der Waals surface area (Å²) in [5, 5.41) is 8.41. The number of benzene rings is 2. The van der Waals surface area contributed by atoms with Crippen LogP contribution in [0.3, 0.4) is 0 Å². The molecule has 1 unspecified atom stereocenters.